The highest BCUT2D eigenvalue weighted by Crippen LogP contribution is 2.65. The maximum Gasteiger partial charge on any atom is 0.403 e. The van der Waals surface area contributed by atoms with E-state index < -0.39 is 32.1 Å². The summed E-state index contributed by atoms with van der Waals surface area (Å²) in [6.07, 6.45) is 9.32. The molecule has 0 amide bonds. The van der Waals surface area contributed by atoms with Crippen molar-refractivity contribution in [2.75, 3.05) is 13.2 Å². The molecule has 10 nitrogen and oxygen atoms in total. The summed E-state index contributed by atoms with van der Waals surface area (Å²) in [7, 11) is -4.39. The lowest BCUT2D eigenvalue weighted by Gasteiger charge is -2.60. The lowest BCUT2D eigenvalue weighted by atomic mass is 9.45. The first kappa shape index (κ1) is 29.7. The summed E-state index contributed by atoms with van der Waals surface area (Å²) in [4.78, 5) is 44.5. The van der Waals surface area contributed by atoms with Crippen LogP contribution in [0.4, 0.5) is 0 Å². The van der Waals surface area contributed by atoms with Gasteiger partial charge in [-0.3, -0.25) is 18.9 Å². The quantitative estimate of drug-likeness (QED) is 0.200. The molecule has 4 N–H and O–H groups in total. The van der Waals surface area contributed by atoms with E-state index in [1.54, 1.807) is 0 Å². The number of aliphatic carboxylic acids is 2. The number of hydrogen-bond donors (Lipinski definition) is 4. The maximum atomic E-state index is 12.6. The molecule has 216 valence electrons. The Balaban J connectivity index is 1.20. The monoisotopic (exact) mass is 557 g/mol. The number of fused-ring (bicyclic) bond motifs is 5. The number of carbonyl (C=O) groups excluding carboxylic acids is 1. The Kier molecular flexibility index (Phi) is 9.10. The van der Waals surface area contributed by atoms with E-state index in [9.17, 15) is 23.8 Å². The van der Waals surface area contributed by atoms with Gasteiger partial charge in [0.2, 0.25) is 0 Å². The third-order valence-electron chi connectivity index (χ3n) is 10.5. The topological polar surface area (TPSA) is 159 Å². The van der Waals surface area contributed by atoms with Gasteiger partial charge in [0.15, 0.2) is 0 Å². The number of carboxylic acids is 2. The van der Waals surface area contributed by atoms with Crippen molar-refractivity contribution >= 4 is 25.5 Å². The highest BCUT2D eigenvalue weighted by Gasteiger charge is 2.60. The van der Waals surface area contributed by atoms with Crippen molar-refractivity contribution in [2.45, 2.75) is 103 Å². The Morgan fingerprint density at radius 3 is 2.55 bits per heavy atom. The Morgan fingerprint density at radius 1 is 1.08 bits per heavy atom. The molecule has 4 aliphatic rings. The normalized spacial score (nSPS) is 38.9. The maximum absolute atomic E-state index is 12.6. The second-order valence-electron chi connectivity index (χ2n) is 12.5. The molecule has 0 aromatic carbocycles. The van der Waals surface area contributed by atoms with Crippen LogP contribution >= 0.6 is 7.75 Å². The Hall–Kier alpha value is -1.32. The molecule has 4 saturated carbocycles. The molecule has 0 spiro atoms. The molecule has 4 rings (SSSR count). The van der Waals surface area contributed by atoms with Crippen LogP contribution in [0.5, 0.6) is 0 Å². The minimum absolute atomic E-state index is 0.0808. The fraction of sp³-hybridized carbons (Fsp3) is 0.889. The highest BCUT2D eigenvalue weighted by atomic mass is 31.2. The largest absolute Gasteiger partial charge is 0.481 e. The summed E-state index contributed by atoms with van der Waals surface area (Å²) < 4.78 is 23.3. The first-order valence-electron chi connectivity index (χ1n) is 14.2. The molecule has 9 atom stereocenters. The minimum atomic E-state index is -4.39. The number of ether oxygens (including phenoxy) is 1. The molecular weight excluding hydrogens is 513 g/mol. The summed E-state index contributed by atoms with van der Waals surface area (Å²) >= 11 is 0. The van der Waals surface area contributed by atoms with Crippen LogP contribution in [-0.4, -0.2) is 58.2 Å². The first-order valence-corrected chi connectivity index (χ1v) is 15.8. The molecule has 5 unspecified atom stereocenters. The van der Waals surface area contributed by atoms with Gasteiger partial charge in [-0.2, -0.15) is 0 Å². The van der Waals surface area contributed by atoms with E-state index in [4.69, 9.17) is 19.5 Å². The lowest BCUT2D eigenvalue weighted by molar-refractivity contribution is -0.145. The smallest absolute Gasteiger partial charge is 0.403 e. The zero-order chi connectivity index (χ0) is 27.7. The van der Waals surface area contributed by atoms with E-state index in [0.29, 0.717) is 47.9 Å². The number of carbonyl (C=O) groups is 3. The zero-order valence-electron chi connectivity index (χ0n) is 22.6. The van der Waals surface area contributed by atoms with Gasteiger partial charge in [-0.15, -0.1) is 0 Å². The molecular formula is C27H44NO9P. The van der Waals surface area contributed by atoms with E-state index >= 15 is 0 Å². The van der Waals surface area contributed by atoms with Crippen LogP contribution in [0.2, 0.25) is 0 Å². The third-order valence-corrected chi connectivity index (χ3v) is 11.7. The van der Waals surface area contributed by atoms with Gasteiger partial charge in [-0.05, 0) is 93.3 Å². The fourth-order valence-corrected chi connectivity index (χ4v) is 9.47. The van der Waals surface area contributed by atoms with E-state index in [-0.39, 0.29) is 24.5 Å². The van der Waals surface area contributed by atoms with Crippen molar-refractivity contribution in [2.24, 2.45) is 34.5 Å². The summed E-state index contributed by atoms with van der Waals surface area (Å²) in [6, 6.07) is -1.49. The van der Waals surface area contributed by atoms with Gasteiger partial charge in [0.05, 0.1) is 12.7 Å². The molecule has 0 saturated heterocycles. The minimum Gasteiger partial charge on any atom is -0.481 e. The highest BCUT2D eigenvalue weighted by molar-refractivity contribution is 7.50. The molecule has 11 heteroatoms. The SMILES string of the molecule is C[C@]12CC[C@H](OCCCOP(=O)(O)N[C@@H](CCC(=O)O)C(=O)O)CC1CCC1C2CC[C@]2(C)C(=O)CCC12. The van der Waals surface area contributed by atoms with Gasteiger partial charge in [0.1, 0.15) is 11.8 Å². The fourth-order valence-electron chi connectivity index (χ4n) is 8.38. The van der Waals surface area contributed by atoms with Crippen LogP contribution in [0.1, 0.15) is 90.9 Å². The van der Waals surface area contributed by atoms with E-state index in [1.165, 1.54) is 12.8 Å². The third kappa shape index (κ3) is 6.20. The van der Waals surface area contributed by atoms with Crippen LogP contribution in [-0.2, 0) is 28.2 Å². The van der Waals surface area contributed by atoms with Crippen LogP contribution in [0, 0.1) is 34.5 Å². The Labute approximate surface area is 224 Å². The predicted octanol–water partition coefficient (Wildman–Crippen LogP) is 4.40. The molecule has 0 bridgehead atoms. The molecule has 0 aromatic rings. The van der Waals surface area contributed by atoms with E-state index in [2.05, 4.69) is 13.8 Å². The van der Waals surface area contributed by atoms with Gasteiger partial charge in [0, 0.05) is 24.9 Å². The van der Waals surface area contributed by atoms with Crippen LogP contribution in [0.15, 0.2) is 0 Å². The summed E-state index contributed by atoms with van der Waals surface area (Å²) in [6.45, 7) is 5.00. The van der Waals surface area contributed by atoms with E-state index in [0.717, 1.165) is 44.9 Å². The van der Waals surface area contributed by atoms with Gasteiger partial charge >= 0.3 is 19.7 Å². The van der Waals surface area contributed by atoms with Crippen molar-refractivity contribution in [3.05, 3.63) is 0 Å². The molecule has 0 aromatic heterocycles. The number of hydrogen-bond acceptors (Lipinski definition) is 6. The molecule has 0 heterocycles. The number of carboxylic acid groups (broad SMARTS) is 2. The number of nitrogens with one attached hydrogen (secondary N) is 1. The van der Waals surface area contributed by atoms with Gasteiger partial charge in [-0.25, -0.2) is 9.65 Å². The summed E-state index contributed by atoms with van der Waals surface area (Å²) in [5.74, 6) is 0.417. The van der Waals surface area contributed by atoms with Crippen molar-refractivity contribution in [1.82, 2.24) is 5.09 Å². The average molecular weight is 558 g/mol. The predicted molar refractivity (Wildman–Crippen MR) is 138 cm³/mol. The van der Waals surface area contributed by atoms with Crippen LogP contribution in [0.25, 0.3) is 0 Å². The lowest BCUT2D eigenvalue weighted by Crippen LogP contribution is -2.54. The summed E-state index contributed by atoms with van der Waals surface area (Å²) in [5.41, 5.74) is 0.211. The molecule has 4 aliphatic carbocycles. The second-order valence-corrected chi connectivity index (χ2v) is 14.1. The van der Waals surface area contributed by atoms with Gasteiger partial charge in [-0.1, -0.05) is 13.8 Å². The van der Waals surface area contributed by atoms with Gasteiger partial charge < -0.3 is 19.8 Å². The van der Waals surface area contributed by atoms with Crippen molar-refractivity contribution in [1.29, 1.82) is 0 Å². The Morgan fingerprint density at radius 2 is 1.84 bits per heavy atom. The zero-order valence-corrected chi connectivity index (χ0v) is 23.5. The van der Waals surface area contributed by atoms with Gasteiger partial charge in [0.25, 0.3) is 0 Å². The van der Waals surface area contributed by atoms with Crippen molar-refractivity contribution in [3.8, 4) is 0 Å². The molecule has 0 radical (unpaired) electrons. The molecule has 38 heavy (non-hydrogen) atoms. The second kappa shape index (κ2) is 11.7. The van der Waals surface area contributed by atoms with Crippen LogP contribution < -0.4 is 5.09 Å². The number of Topliss-reactive ketones (excluding diaryl/α,β-unsaturated/α-hetero) is 1. The Bertz CT molecular complexity index is 959. The molecule has 0 aliphatic heterocycles. The van der Waals surface area contributed by atoms with Crippen molar-refractivity contribution in [3.63, 3.8) is 0 Å². The number of ketones is 1. The van der Waals surface area contributed by atoms with E-state index in [1.807, 2.05) is 5.09 Å². The standard InChI is InChI=1S/C27H44NO9P/c1-26-12-10-18(36-14-3-15-37-38(34,35)28-22(25(32)33)7-9-24(30)31)16-17(26)4-5-19-20-6-8-23(29)27(20,2)13-11-21(19)26/h17-22H,3-16H2,1-2H3,(H,30,31)(H,32,33)(H2,28,34,35)/t17?,18-,19?,20?,21?,22-,26-,27-/m0/s1. The van der Waals surface area contributed by atoms with Crippen LogP contribution in [0.3, 0.4) is 0 Å². The summed E-state index contributed by atoms with van der Waals surface area (Å²) in [5, 5.41) is 19.9. The first-order chi connectivity index (χ1) is 17.9. The molecule has 4 fully saturated rings. The number of rotatable bonds is 12. The average Bonchev–Trinajstić information content (AvgIpc) is 3.15. The van der Waals surface area contributed by atoms with Crippen molar-refractivity contribution < 1.29 is 43.3 Å².